The van der Waals surface area contributed by atoms with E-state index < -0.39 is 0 Å². The zero-order valence-electron chi connectivity index (χ0n) is 10.8. The molecule has 1 aromatic heterocycles. The highest BCUT2D eigenvalue weighted by molar-refractivity contribution is 5.18. The summed E-state index contributed by atoms with van der Waals surface area (Å²) in [6.07, 6.45) is 3.65. The molecule has 3 rings (SSSR count). The molecule has 0 N–H and O–H groups in total. The summed E-state index contributed by atoms with van der Waals surface area (Å²) in [6.45, 7) is 8.23. The monoisotopic (exact) mass is 235 g/mol. The zero-order chi connectivity index (χ0) is 11.9. The largest absolute Gasteiger partial charge is 0.465 e. The third-order valence-corrected chi connectivity index (χ3v) is 4.18. The van der Waals surface area contributed by atoms with Crippen LogP contribution < -0.4 is 0 Å². The van der Waals surface area contributed by atoms with Gasteiger partial charge in [0.05, 0.1) is 12.1 Å². The van der Waals surface area contributed by atoms with Gasteiger partial charge in [0.25, 0.3) is 0 Å². The molecule has 1 unspecified atom stereocenters. The number of ether oxygens (including phenoxy) is 1. The highest BCUT2D eigenvalue weighted by Gasteiger charge is 2.41. The molecule has 0 saturated carbocycles. The lowest BCUT2D eigenvalue weighted by atomic mass is 10.00. The zero-order valence-corrected chi connectivity index (χ0v) is 10.8. The van der Waals surface area contributed by atoms with Crippen LogP contribution in [0.3, 0.4) is 0 Å². The first-order valence-corrected chi connectivity index (χ1v) is 6.59. The molecule has 1 aromatic rings. The Morgan fingerprint density at radius 1 is 1.35 bits per heavy atom. The first-order chi connectivity index (χ1) is 8.17. The Morgan fingerprint density at radius 3 is 2.88 bits per heavy atom. The molecule has 0 aliphatic carbocycles. The second-order valence-corrected chi connectivity index (χ2v) is 5.55. The Bertz CT molecular complexity index is 385. The van der Waals surface area contributed by atoms with E-state index in [4.69, 9.17) is 9.15 Å². The standard InChI is InChI=1S/C14H21NO2/c1-11-8-13(17-12(11)2)9-15-6-5-14(10-15)4-3-7-16-14/h8H,3-7,9-10H2,1-2H3. The Kier molecular flexibility index (Phi) is 2.75. The summed E-state index contributed by atoms with van der Waals surface area (Å²) in [4.78, 5) is 2.46. The van der Waals surface area contributed by atoms with Crippen molar-refractivity contribution < 1.29 is 9.15 Å². The van der Waals surface area contributed by atoms with Gasteiger partial charge >= 0.3 is 0 Å². The molecule has 0 radical (unpaired) electrons. The van der Waals surface area contributed by atoms with Crippen molar-refractivity contribution in [3.63, 3.8) is 0 Å². The van der Waals surface area contributed by atoms with Crippen molar-refractivity contribution >= 4 is 0 Å². The van der Waals surface area contributed by atoms with E-state index in [1.165, 1.54) is 24.8 Å². The van der Waals surface area contributed by atoms with Crippen molar-refractivity contribution in [2.45, 2.75) is 45.3 Å². The van der Waals surface area contributed by atoms with Gasteiger partial charge in [-0.3, -0.25) is 4.90 Å². The summed E-state index contributed by atoms with van der Waals surface area (Å²) in [5, 5.41) is 0. The molecule has 2 aliphatic rings. The molecular weight excluding hydrogens is 214 g/mol. The molecule has 0 amide bonds. The fourth-order valence-electron chi connectivity index (χ4n) is 3.09. The van der Waals surface area contributed by atoms with Crippen LogP contribution in [-0.2, 0) is 11.3 Å². The number of hydrogen-bond acceptors (Lipinski definition) is 3. The Labute approximate surface area is 103 Å². The fourth-order valence-corrected chi connectivity index (χ4v) is 3.09. The van der Waals surface area contributed by atoms with Gasteiger partial charge in [-0.05, 0) is 44.7 Å². The SMILES string of the molecule is Cc1cc(CN2CCC3(CCCO3)C2)oc1C. The lowest BCUT2D eigenvalue weighted by molar-refractivity contribution is 0.0118. The molecular formula is C14H21NO2. The van der Waals surface area contributed by atoms with Gasteiger partial charge in [-0.1, -0.05) is 0 Å². The minimum absolute atomic E-state index is 0.177. The minimum atomic E-state index is 0.177. The number of likely N-dealkylation sites (tertiary alicyclic amines) is 1. The number of furan rings is 1. The maximum atomic E-state index is 5.93. The molecule has 3 heteroatoms. The van der Waals surface area contributed by atoms with Crippen LogP contribution in [0.2, 0.25) is 0 Å². The molecule has 0 bridgehead atoms. The molecule has 1 spiro atoms. The Morgan fingerprint density at radius 2 is 2.24 bits per heavy atom. The van der Waals surface area contributed by atoms with Gasteiger partial charge in [0.1, 0.15) is 11.5 Å². The average molecular weight is 235 g/mol. The summed E-state index contributed by atoms with van der Waals surface area (Å²) < 4.78 is 11.7. The van der Waals surface area contributed by atoms with Crippen molar-refractivity contribution in [2.24, 2.45) is 0 Å². The fraction of sp³-hybridized carbons (Fsp3) is 0.714. The van der Waals surface area contributed by atoms with E-state index in [0.717, 1.165) is 37.8 Å². The van der Waals surface area contributed by atoms with Gasteiger partial charge in [-0.2, -0.15) is 0 Å². The van der Waals surface area contributed by atoms with Crippen molar-refractivity contribution in [1.82, 2.24) is 4.90 Å². The first-order valence-electron chi connectivity index (χ1n) is 6.59. The normalized spacial score (nSPS) is 29.5. The second-order valence-electron chi connectivity index (χ2n) is 5.55. The summed E-state index contributed by atoms with van der Waals surface area (Å²) in [5.74, 6) is 2.14. The predicted molar refractivity (Wildman–Crippen MR) is 66.0 cm³/mol. The van der Waals surface area contributed by atoms with Crippen LogP contribution in [-0.4, -0.2) is 30.2 Å². The van der Waals surface area contributed by atoms with E-state index in [1.807, 2.05) is 6.92 Å². The molecule has 1 atom stereocenters. The van der Waals surface area contributed by atoms with Crippen LogP contribution in [0.5, 0.6) is 0 Å². The van der Waals surface area contributed by atoms with Gasteiger partial charge in [0.2, 0.25) is 0 Å². The van der Waals surface area contributed by atoms with Gasteiger partial charge in [0, 0.05) is 19.7 Å². The molecule has 3 heterocycles. The van der Waals surface area contributed by atoms with Gasteiger partial charge in [0.15, 0.2) is 0 Å². The average Bonchev–Trinajstić information content (AvgIpc) is 2.96. The molecule has 0 aromatic carbocycles. The third-order valence-electron chi connectivity index (χ3n) is 4.18. The third kappa shape index (κ3) is 2.14. The summed E-state index contributed by atoms with van der Waals surface area (Å²) in [6, 6.07) is 2.16. The topological polar surface area (TPSA) is 25.6 Å². The number of rotatable bonds is 2. The summed E-state index contributed by atoms with van der Waals surface area (Å²) in [5.41, 5.74) is 1.43. The molecule has 2 fully saturated rings. The van der Waals surface area contributed by atoms with Crippen LogP contribution in [0.1, 0.15) is 36.3 Å². The Balaban J connectivity index is 1.63. The van der Waals surface area contributed by atoms with Crippen LogP contribution in [0.4, 0.5) is 0 Å². The molecule has 94 valence electrons. The van der Waals surface area contributed by atoms with Crippen LogP contribution >= 0.6 is 0 Å². The number of nitrogens with zero attached hydrogens (tertiary/aromatic N) is 1. The second kappa shape index (κ2) is 4.14. The maximum Gasteiger partial charge on any atom is 0.118 e. The molecule has 3 nitrogen and oxygen atoms in total. The van der Waals surface area contributed by atoms with E-state index in [1.54, 1.807) is 0 Å². The predicted octanol–water partition coefficient (Wildman–Crippen LogP) is 2.65. The van der Waals surface area contributed by atoms with E-state index in [-0.39, 0.29) is 5.60 Å². The van der Waals surface area contributed by atoms with E-state index in [2.05, 4.69) is 17.9 Å². The quantitative estimate of drug-likeness (QED) is 0.788. The van der Waals surface area contributed by atoms with Crippen LogP contribution in [0.15, 0.2) is 10.5 Å². The van der Waals surface area contributed by atoms with Crippen molar-refractivity contribution in [3.05, 3.63) is 23.2 Å². The summed E-state index contributed by atoms with van der Waals surface area (Å²) in [7, 11) is 0. The smallest absolute Gasteiger partial charge is 0.118 e. The number of aryl methyl sites for hydroxylation is 2. The highest BCUT2D eigenvalue weighted by atomic mass is 16.5. The number of hydrogen-bond donors (Lipinski definition) is 0. The first kappa shape index (κ1) is 11.3. The lowest BCUT2D eigenvalue weighted by Gasteiger charge is -2.22. The van der Waals surface area contributed by atoms with Crippen molar-refractivity contribution in [1.29, 1.82) is 0 Å². The maximum absolute atomic E-state index is 5.93. The van der Waals surface area contributed by atoms with Crippen LogP contribution in [0.25, 0.3) is 0 Å². The van der Waals surface area contributed by atoms with Gasteiger partial charge < -0.3 is 9.15 Å². The van der Waals surface area contributed by atoms with E-state index >= 15 is 0 Å². The van der Waals surface area contributed by atoms with E-state index in [0.29, 0.717) is 0 Å². The molecule has 2 aliphatic heterocycles. The van der Waals surface area contributed by atoms with Gasteiger partial charge in [-0.15, -0.1) is 0 Å². The van der Waals surface area contributed by atoms with Crippen LogP contribution in [0, 0.1) is 13.8 Å². The minimum Gasteiger partial charge on any atom is -0.465 e. The lowest BCUT2D eigenvalue weighted by Crippen LogP contribution is -2.32. The summed E-state index contributed by atoms with van der Waals surface area (Å²) >= 11 is 0. The van der Waals surface area contributed by atoms with Crippen molar-refractivity contribution in [2.75, 3.05) is 19.7 Å². The Hall–Kier alpha value is -0.800. The van der Waals surface area contributed by atoms with Gasteiger partial charge in [-0.25, -0.2) is 0 Å². The van der Waals surface area contributed by atoms with Crippen molar-refractivity contribution in [3.8, 4) is 0 Å². The highest BCUT2D eigenvalue weighted by Crippen LogP contribution is 2.35. The molecule has 17 heavy (non-hydrogen) atoms. The van der Waals surface area contributed by atoms with E-state index in [9.17, 15) is 0 Å². The molecule has 2 saturated heterocycles.